The molecule has 2 N–H and O–H groups in total. The Kier molecular flexibility index (Phi) is 4.70. The van der Waals surface area contributed by atoms with Gasteiger partial charge < -0.3 is 10.6 Å². The molecule has 7 heteroatoms. The van der Waals surface area contributed by atoms with Gasteiger partial charge in [0, 0.05) is 31.8 Å². The maximum atomic E-state index is 12.3. The molecule has 0 bridgehead atoms. The highest BCUT2D eigenvalue weighted by Crippen LogP contribution is 2.22. The van der Waals surface area contributed by atoms with Gasteiger partial charge in [0.05, 0.1) is 6.54 Å². The number of alkyl halides is 3. The lowest BCUT2D eigenvalue weighted by Crippen LogP contribution is -2.39. The molecule has 1 atom stereocenters. The lowest BCUT2D eigenvalue weighted by molar-refractivity contribution is -0.143. The van der Waals surface area contributed by atoms with Crippen molar-refractivity contribution < 1.29 is 18.0 Å². The Labute approximate surface area is 116 Å². The Bertz CT molecular complexity index is 400. The van der Waals surface area contributed by atoms with Crippen LogP contribution in [0.4, 0.5) is 13.2 Å². The van der Waals surface area contributed by atoms with Crippen molar-refractivity contribution in [2.24, 2.45) is 5.92 Å². The largest absolute Gasteiger partial charge is 0.401 e. The van der Waals surface area contributed by atoms with Crippen LogP contribution >= 0.6 is 0 Å². The third-order valence-corrected chi connectivity index (χ3v) is 3.87. The van der Waals surface area contributed by atoms with E-state index >= 15 is 0 Å². The Hall–Kier alpha value is -1.08. The quantitative estimate of drug-likeness (QED) is 0.757. The highest BCUT2D eigenvalue weighted by atomic mass is 19.4. The lowest BCUT2D eigenvalue weighted by atomic mass is 10.0. The molecule has 20 heavy (non-hydrogen) atoms. The van der Waals surface area contributed by atoms with Gasteiger partial charge in [-0.15, -0.1) is 0 Å². The van der Waals surface area contributed by atoms with Crippen LogP contribution in [0.3, 0.4) is 0 Å². The van der Waals surface area contributed by atoms with E-state index in [1.807, 2.05) is 0 Å². The lowest BCUT2D eigenvalue weighted by Gasteiger charge is -2.22. The molecule has 1 amide bonds. The molecular weight excluding hydrogens is 271 g/mol. The minimum absolute atomic E-state index is 0.101. The SMILES string of the molecule is CC(C(=O)NCC1CCN(CC(F)(F)F)C1)=C1CNC1. The Balaban J connectivity index is 1.72. The van der Waals surface area contributed by atoms with E-state index in [0.29, 0.717) is 26.1 Å². The minimum Gasteiger partial charge on any atom is -0.352 e. The molecule has 2 aliphatic heterocycles. The zero-order chi connectivity index (χ0) is 14.8. The van der Waals surface area contributed by atoms with Gasteiger partial charge in [0.25, 0.3) is 0 Å². The van der Waals surface area contributed by atoms with Crippen molar-refractivity contribution in [1.29, 1.82) is 0 Å². The average Bonchev–Trinajstić information content (AvgIpc) is 2.68. The Morgan fingerprint density at radius 1 is 1.45 bits per heavy atom. The van der Waals surface area contributed by atoms with Crippen LogP contribution in [-0.4, -0.2) is 56.3 Å². The number of amides is 1. The predicted molar refractivity (Wildman–Crippen MR) is 69.2 cm³/mol. The first-order chi connectivity index (χ1) is 9.35. The van der Waals surface area contributed by atoms with E-state index in [4.69, 9.17) is 0 Å². The van der Waals surface area contributed by atoms with Crippen LogP contribution < -0.4 is 10.6 Å². The van der Waals surface area contributed by atoms with Crippen LogP contribution in [0.2, 0.25) is 0 Å². The number of nitrogens with one attached hydrogen (secondary N) is 2. The molecule has 0 aromatic rings. The van der Waals surface area contributed by atoms with Crippen molar-refractivity contribution in [1.82, 2.24) is 15.5 Å². The average molecular weight is 291 g/mol. The topological polar surface area (TPSA) is 44.4 Å². The number of likely N-dealkylation sites (tertiary alicyclic amines) is 1. The van der Waals surface area contributed by atoms with E-state index in [0.717, 1.165) is 24.2 Å². The fourth-order valence-corrected chi connectivity index (χ4v) is 2.52. The Morgan fingerprint density at radius 3 is 2.70 bits per heavy atom. The summed E-state index contributed by atoms with van der Waals surface area (Å²) in [5.74, 6) is 0.00869. The second-order valence-corrected chi connectivity index (χ2v) is 5.55. The summed E-state index contributed by atoms with van der Waals surface area (Å²) in [6.45, 7) is 3.73. The maximum Gasteiger partial charge on any atom is 0.401 e. The van der Waals surface area contributed by atoms with Crippen molar-refractivity contribution in [3.8, 4) is 0 Å². The highest BCUT2D eigenvalue weighted by Gasteiger charge is 2.34. The van der Waals surface area contributed by atoms with Gasteiger partial charge in [-0.3, -0.25) is 9.69 Å². The molecule has 2 heterocycles. The van der Waals surface area contributed by atoms with Gasteiger partial charge in [-0.1, -0.05) is 0 Å². The summed E-state index contributed by atoms with van der Waals surface area (Å²) in [6, 6.07) is 0. The number of rotatable bonds is 4. The van der Waals surface area contributed by atoms with E-state index in [9.17, 15) is 18.0 Å². The van der Waals surface area contributed by atoms with Crippen molar-refractivity contribution in [2.75, 3.05) is 39.3 Å². The molecule has 114 valence electrons. The molecule has 2 saturated heterocycles. The van der Waals surface area contributed by atoms with Gasteiger partial charge in [-0.05, 0) is 31.4 Å². The fraction of sp³-hybridized carbons (Fsp3) is 0.769. The monoisotopic (exact) mass is 291 g/mol. The van der Waals surface area contributed by atoms with Crippen molar-refractivity contribution in [2.45, 2.75) is 19.5 Å². The van der Waals surface area contributed by atoms with Crippen LogP contribution in [0.1, 0.15) is 13.3 Å². The van der Waals surface area contributed by atoms with Crippen LogP contribution in [0.5, 0.6) is 0 Å². The first-order valence-corrected chi connectivity index (χ1v) is 6.82. The fourth-order valence-electron chi connectivity index (χ4n) is 2.52. The third-order valence-electron chi connectivity index (χ3n) is 3.87. The number of hydrogen-bond acceptors (Lipinski definition) is 3. The summed E-state index contributed by atoms with van der Waals surface area (Å²) in [7, 11) is 0. The van der Waals surface area contributed by atoms with E-state index in [1.165, 1.54) is 4.90 Å². The second-order valence-electron chi connectivity index (χ2n) is 5.55. The van der Waals surface area contributed by atoms with Crippen molar-refractivity contribution >= 4 is 5.91 Å². The van der Waals surface area contributed by atoms with Crippen molar-refractivity contribution in [3.63, 3.8) is 0 Å². The van der Waals surface area contributed by atoms with E-state index < -0.39 is 12.7 Å². The molecule has 0 radical (unpaired) electrons. The van der Waals surface area contributed by atoms with Crippen molar-refractivity contribution in [3.05, 3.63) is 11.1 Å². The number of hydrogen-bond donors (Lipinski definition) is 2. The van der Waals surface area contributed by atoms with Crippen LogP contribution in [0, 0.1) is 5.92 Å². The summed E-state index contributed by atoms with van der Waals surface area (Å²) in [6.07, 6.45) is -3.44. The third kappa shape index (κ3) is 4.21. The summed E-state index contributed by atoms with van der Waals surface area (Å²) in [4.78, 5) is 13.3. The second kappa shape index (κ2) is 6.13. The van der Waals surface area contributed by atoms with Gasteiger partial charge in [0.15, 0.2) is 0 Å². The number of carbonyl (C=O) groups excluding carboxylic acids is 1. The molecule has 0 aromatic heterocycles. The van der Waals surface area contributed by atoms with Crippen LogP contribution in [0.15, 0.2) is 11.1 Å². The molecule has 2 aliphatic rings. The van der Waals surface area contributed by atoms with Crippen LogP contribution in [-0.2, 0) is 4.79 Å². The van der Waals surface area contributed by atoms with Gasteiger partial charge in [0.2, 0.25) is 5.91 Å². The normalized spacial score (nSPS) is 23.6. The minimum atomic E-state index is -4.14. The molecule has 2 rings (SSSR count). The smallest absolute Gasteiger partial charge is 0.352 e. The molecule has 1 unspecified atom stereocenters. The molecule has 0 spiro atoms. The molecule has 0 aromatic carbocycles. The van der Waals surface area contributed by atoms with E-state index in [2.05, 4.69) is 10.6 Å². The van der Waals surface area contributed by atoms with Gasteiger partial charge in [-0.25, -0.2) is 0 Å². The molecule has 0 aliphatic carbocycles. The molecule has 0 saturated carbocycles. The van der Waals surface area contributed by atoms with Gasteiger partial charge >= 0.3 is 6.18 Å². The summed E-state index contributed by atoms with van der Waals surface area (Å²) in [5, 5.41) is 5.90. The number of carbonyl (C=O) groups is 1. The number of halogens is 3. The summed E-state index contributed by atoms with van der Waals surface area (Å²) >= 11 is 0. The summed E-state index contributed by atoms with van der Waals surface area (Å²) in [5.41, 5.74) is 1.83. The van der Waals surface area contributed by atoms with E-state index in [1.54, 1.807) is 6.92 Å². The Morgan fingerprint density at radius 2 is 2.15 bits per heavy atom. The summed E-state index contributed by atoms with van der Waals surface area (Å²) < 4.78 is 36.8. The van der Waals surface area contributed by atoms with Gasteiger partial charge in [-0.2, -0.15) is 13.2 Å². The standard InChI is InChI=1S/C13H20F3N3O/c1-9(11-5-17-6-11)12(20)18-4-10-2-3-19(7-10)8-13(14,15)16/h10,17H,2-8H2,1H3,(H,18,20). The molecule has 4 nitrogen and oxygen atoms in total. The van der Waals surface area contributed by atoms with Gasteiger partial charge in [0.1, 0.15) is 0 Å². The zero-order valence-corrected chi connectivity index (χ0v) is 11.5. The number of nitrogens with zero attached hydrogens (tertiary/aromatic N) is 1. The maximum absolute atomic E-state index is 12.3. The first-order valence-electron chi connectivity index (χ1n) is 6.82. The molecule has 2 fully saturated rings. The molecular formula is C13H20F3N3O. The predicted octanol–water partition coefficient (Wildman–Crippen LogP) is 0.907. The zero-order valence-electron chi connectivity index (χ0n) is 11.5. The first kappa shape index (κ1) is 15.3. The van der Waals surface area contributed by atoms with E-state index in [-0.39, 0.29) is 11.8 Å². The van der Waals surface area contributed by atoms with Crippen LogP contribution in [0.25, 0.3) is 0 Å². The highest BCUT2D eigenvalue weighted by molar-refractivity contribution is 5.93.